The van der Waals surface area contributed by atoms with Gasteiger partial charge in [-0.2, -0.15) is 0 Å². The summed E-state index contributed by atoms with van der Waals surface area (Å²) in [5, 5.41) is 11.5. The van der Waals surface area contributed by atoms with Gasteiger partial charge in [-0.05, 0) is 40.9 Å². The molecule has 1 aliphatic carbocycles. The molecule has 0 spiro atoms. The van der Waals surface area contributed by atoms with Gasteiger partial charge in [0.15, 0.2) is 0 Å². The fraction of sp³-hybridized carbons (Fsp3) is 0.400. The van der Waals surface area contributed by atoms with Gasteiger partial charge in [0.05, 0.1) is 11.3 Å². The molecule has 0 bridgehead atoms. The zero-order chi connectivity index (χ0) is 15.4. The van der Waals surface area contributed by atoms with Crippen molar-refractivity contribution in [2.45, 2.75) is 36.9 Å². The van der Waals surface area contributed by atoms with Crippen LogP contribution in [0.2, 0.25) is 0 Å². The molecule has 1 saturated carbocycles. The lowest BCUT2D eigenvalue weighted by Crippen LogP contribution is -2.33. The van der Waals surface area contributed by atoms with Crippen molar-refractivity contribution in [3.8, 4) is 11.5 Å². The first-order chi connectivity index (χ1) is 10.7. The number of halogens is 1. The molecule has 0 saturated heterocycles. The van der Waals surface area contributed by atoms with E-state index in [1.54, 1.807) is 0 Å². The van der Waals surface area contributed by atoms with E-state index in [2.05, 4.69) is 31.4 Å². The van der Waals surface area contributed by atoms with Gasteiger partial charge in [-0.25, -0.2) is 0 Å². The fourth-order valence-corrected chi connectivity index (χ4v) is 3.51. The van der Waals surface area contributed by atoms with Crippen LogP contribution in [0.3, 0.4) is 0 Å². The normalized spacial score (nSPS) is 15.1. The molecule has 0 atom stereocenters. The fourth-order valence-electron chi connectivity index (χ4n) is 2.48. The number of aromatic nitrogens is 2. The molecule has 5 nitrogen and oxygen atoms in total. The summed E-state index contributed by atoms with van der Waals surface area (Å²) in [4.78, 5) is 11.9. The first kappa shape index (κ1) is 15.6. The minimum Gasteiger partial charge on any atom is -0.411 e. The highest BCUT2D eigenvalue weighted by molar-refractivity contribution is 9.10. The predicted octanol–water partition coefficient (Wildman–Crippen LogP) is 3.65. The zero-order valence-electron chi connectivity index (χ0n) is 11.9. The van der Waals surface area contributed by atoms with Crippen LogP contribution in [-0.2, 0) is 4.79 Å². The van der Waals surface area contributed by atoms with Crippen molar-refractivity contribution in [3.05, 3.63) is 28.7 Å². The molecule has 1 aromatic carbocycles. The molecule has 0 radical (unpaired) electrons. The molecule has 1 N–H and O–H groups in total. The Balaban J connectivity index is 1.55. The Morgan fingerprint density at radius 1 is 1.32 bits per heavy atom. The average molecular weight is 382 g/mol. The zero-order valence-corrected chi connectivity index (χ0v) is 14.3. The van der Waals surface area contributed by atoms with Gasteiger partial charge in [-0.15, -0.1) is 10.2 Å². The Bertz CT molecular complexity index is 656. The van der Waals surface area contributed by atoms with Gasteiger partial charge >= 0.3 is 0 Å². The lowest BCUT2D eigenvalue weighted by molar-refractivity contribution is -0.119. The third kappa shape index (κ3) is 3.89. The number of carbonyl (C=O) groups excluding carboxylic acids is 1. The molecule has 1 amide bonds. The number of rotatable bonds is 5. The number of thioether (sulfide) groups is 1. The predicted molar refractivity (Wildman–Crippen MR) is 88.6 cm³/mol. The second-order valence-electron chi connectivity index (χ2n) is 5.19. The molecule has 0 unspecified atom stereocenters. The van der Waals surface area contributed by atoms with Crippen LogP contribution in [0.4, 0.5) is 0 Å². The highest BCUT2D eigenvalue weighted by Gasteiger charge is 2.18. The molecule has 0 aliphatic heterocycles. The van der Waals surface area contributed by atoms with E-state index in [0.717, 1.165) is 22.9 Å². The maximum absolute atomic E-state index is 11.9. The summed E-state index contributed by atoms with van der Waals surface area (Å²) in [7, 11) is 0. The van der Waals surface area contributed by atoms with Crippen molar-refractivity contribution in [2.24, 2.45) is 0 Å². The summed E-state index contributed by atoms with van der Waals surface area (Å²) in [6, 6.07) is 7.99. The first-order valence-corrected chi connectivity index (χ1v) is 9.01. The molecule has 1 fully saturated rings. The molecular weight excluding hydrogens is 366 g/mol. The van der Waals surface area contributed by atoms with Gasteiger partial charge in [0, 0.05) is 10.5 Å². The first-order valence-electron chi connectivity index (χ1n) is 7.23. The van der Waals surface area contributed by atoms with E-state index in [1.165, 1.54) is 24.6 Å². The van der Waals surface area contributed by atoms with E-state index in [4.69, 9.17) is 4.42 Å². The Labute approximate surface area is 141 Å². The van der Waals surface area contributed by atoms with Crippen LogP contribution in [0.15, 0.2) is 38.4 Å². The molecule has 1 aliphatic rings. The molecule has 7 heteroatoms. The maximum Gasteiger partial charge on any atom is 0.277 e. The molecule has 1 aromatic heterocycles. The van der Waals surface area contributed by atoms with Gasteiger partial charge in [0.2, 0.25) is 11.8 Å². The van der Waals surface area contributed by atoms with Crippen molar-refractivity contribution < 1.29 is 9.21 Å². The number of nitrogens with one attached hydrogen (secondary N) is 1. The SMILES string of the molecule is O=C(CSc1nnc(-c2ccccc2Br)o1)NC1CCCC1. The summed E-state index contributed by atoms with van der Waals surface area (Å²) in [6.07, 6.45) is 4.58. The Morgan fingerprint density at radius 3 is 2.86 bits per heavy atom. The second kappa shape index (κ2) is 7.28. The van der Waals surface area contributed by atoms with Crippen LogP contribution >= 0.6 is 27.7 Å². The Hall–Kier alpha value is -1.34. The van der Waals surface area contributed by atoms with Crippen molar-refractivity contribution in [2.75, 3.05) is 5.75 Å². The lowest BCUT2D eigenvalue weighted by Gasteiger charge is -2.10. The van der Waals surface area contributed by atoms with E-state index in [0.29, 0.717) is 22.9 Å². The number of carbonyl (C=O) groups is 1. The minimum absolute atomic E-state index is 0.0255. The summed E-state index contributed by atoms with van der Waals surface area (Å²) in [6.45, 7) is 0. The maximum atomic E-state index is 11.9. The molecular formula is C15H16BrN3O2S. The molecule has 2 aromatic rings. The van der Waals surface area contributed by atoms with Crippen LogP contribution in [0, 0.1) is 0 Å². The molecule has 116 valence electrons. The number of hydrogen-bond acceptors (Lipinski definition) is 5. The van der Waals surface area contributed by atoms with Crippen LogP contribution in [-0.4, -0.2) is 27.9 Å². The summed E-state index contributed by atoms with van der Waals surface area (Å²) >= 11 is 4.72. The Morgan fingerprint density at radius 2 is 2.09 bits per heavy atom. The van der Waals surface area contributed by atoms with Gasteiger partial charge < -0.3 is 9.73 Å². The number of hydrogen-bond donors (Lipinski definition) is 1. The van der Waals surface area contributed by atoms with E-state index >= 15 is 0 Å². The van der Waals surface area contributed by atoms with Crippen molar-refractivity contribution in [1.29, 1.82) is 0 Å². The van der Waals surface area contributed by atoms with E-state index in [9.17, 15) is 4.79 Å². The largest absolute Gasteiger partial charge is 0.411 e. The lowest BCUT2D eigenvalue weighted by atomic mass is 10.2. The monoisotopic (exact) mass is 381 g/mol. The minimum atomic E-state index is 0.0255. The number of amides is 1. The second-order valence-corrected chi connectivity index (χ2v) is 6.97. The van der Waals surface area contributed by atoms with E-state index in [-0.39, 0.29) is 5.91 Å². The third-order valence-electron chi connectivity index (χ3n) is 3.56. The van der Waals surface area contributed by atoms with E-state index < -0.39 is 0 Å². The van der Waals surface area contributed by atoms with Crippen LogP contribution in [0.1, 0.15) is 25.7 Å². The summed E-state index contributed by atoms with van der Waals surface area (Å²) < 4.78 is 6.50. The molecule has 22 heavy (non-hydrogen) atoms. The van der Waals surface area contributed by atoms with Crippen LogP contribution in [0.25, 0.3) is 11.5 Å². The quantitative estimate of drug-likeness (QED) is 0.800. The summed E-state index contributed by atoms with van der Waals surface area (Å²) in [5.41, 5.74) is 0.845. The topological polar surface area (TPSA) is 68.0 Å². The molecule has 3 rings (SSSR count). The van der Waals surface area contributed by atoms with Crippen molar-refractivity contribution in [1.82, 2.24) is 15.5 Å². The number of nitrogens with zero attached hydrogens (tertiary/aromatic N) is 2. The average Bonchev–Trinajstić information content (AvgIpc) is 3.17. The third-order valence-corrected chi connectivity index (χ3v) is 5.07. The highest BCUT2D eigenvalue weighted by atomic mass is 79.9. The standard InChI is InChI=1S/C15H16BrN3O2S/c16-12-8-4-3-7-11(12)14-18-19-15(21-14)22-9-13(20)17-10-5-1-2-6-10/h3-4,7-8,10H,1-2,5-6,9H2,(H,17,20). The van der Waals surface area contributed by atoms with E-state index in [1.807, 2.05) is 24.3 Å². The Kier molecular flexibility index (Phi) is 5.15. The number of benzene rings is 1. The van der Waals surface area contributed by atoms with Gasteiger partial charge in [-0.1, -0.05) is 36.7 Å². The van der Waals surface area contributed by atoms with Gasteiger partial charge in [-0.3, -0.25) is 4.79 Å². The van der Waals surface area contributed by atoms with Crippen LogP contribution in [0.5, 0.6) is 0 Å². The van der Waals surface area contributed by atoms with Gasteiger partial charge in [0.25, 0.3) is 5.22 Å². The van der Waals surface area contributed by atoms with Crippen LogP contribution < -0.4 is 5.32 Å². The van der Waals surface area contributed by atoms with Gasteiger partial charge in [0.1, 0.15) is 0 Å². The van der Waals surface area contributed by atoms with Crippen molar-refractivity contribution >= 4 is 33.6 Å². The highest BCUT2D eigenvalue weighted by Crippen LogP contribution is 2.29. The molecule has 1 heterocycles. The smallest absolute Gasteiger partial charge is 0.277 e. The van der Waals surface area contributed by atoms with Crippen molar-refractivity contribution in [3.63, 3.8) is 0 Å². The summed E-state index contributed by atoms with van der Waals surface area (Å²) in [5.74, 6) is 0.775.